The Morgan fingerprint density at radius 3 is 2.66 bits per heavy atom. The molecule has 1 aromatic heterocycles. The zero-order chi connectivity index (χ0) is 22.6. The first-order chi connectivity index (χ1) is 15.3. The molecule has 2 aliphatic rings. The molecule has 0 spiro atoms. The van der Waals surface area contributed by atoms with Crippen molar-refractivity contribution in [2.75, 3.05) is 4.90 Å². The molecule has 5 rings (SSSR count). The third-order valence-corrected chi connectivity index (χ3v) is 5.60. The Morgan fingerprint density at radius 1 is 1.12 bits per heavy atom. The second-order valence-corrected chi connectivity index (χ2v) is 7.74. The van der Waals surface area contributed by atoms with E-state index in [1.807, 2.05) is 6.92 Å². The van der Waals surface area contributed by atoms with E-state index >= 15 is 0 Å². The largest absolute Gasteiger partial charge is 0.507 e. The highest BCUT2D eigenvalue weighted by Gasteiger charge is 2.49. The predicted molar refractivity (Wildman–Crippen MR) is 110 cm³/mol. The number of hydrogen-bond acceptors (Lipinski definition) is 5. The average Bonchev–Trinajstić information content (AvgIpc) is 3.46. The molecule has 32 heavy (non-hydrogen) atoms. The lowest BCUT2D eigenvalue weighted by molar-refractivity contribution is -0.132. The Bertz CT molecular complexity index is 1280. The van der Waals surface area contributed by atoms with Crippen molar-refractivity contribution in [3.05, 3.63) is 88.9 Å². The van der Waals surface area contributed by atoms with Crippen molar-refractivity contribution < 1.29 is 32.6 Å². The van der Waals surface area contributed by atoms with Gasteiger partial charge in [-0.3, -0.25) is 14.5 Å². The van der Waals surface area contributed by atoms with Crippen molar-refractivity contribution in [3.8, 4) is 5.75 Å². The highest BCUT2D eigenvalue weighted by atomic mass is 19.1. The summed E-state index contributed by atoms with van der Waals surface area (Å²) in [6.07, 6.45) is 1.95. The monoisotopic (exact) mass is 437 g/mol. The van der Waals surface area contributed by atoms with Crippen LogP contribution in [-0.4, -0.2) is 22.9 Å². The first-order valence-electron chi connectivity index (χ1n) is 9.94. The maximum absolute atomic E-state index is 14.6. The number of furan rings is 1. The third kappa shape index (κ3) is 3.07. The number of aliphatic hydroxyl groups is 1. The number of fused-ring (bicyclic) bond motifs is 1. The molecule has 1 N–H and O–H groups in total. The summed E-state index contributed by atoms with van der Waals surface area (Å²) in [5.41, 5.74) is 0.621. The molecular weight excluding hydrogens is 420 g/mol. The number of carbonyl (C=O) groups excluding carboxylic acids is 2. The first kappa shape index (κ1) is 20.0. The fourth-order valence-electron chi connectivity index (χ4n) is 4.20. The van der Waals surface area contributed by atoms with Crippen LogP contribution in [0.4, 0.5) is 14.5 Å². The van der Waals surface area contributed by atoms with Gasteiger partial charge in [-0.25, -0.2) is 8.78 Å². The van der Waals surface area contributed by atoms with E-state index in [2.05, 4.69) is 0 Å². The highest BCUT2D eigenvalue weighted by molar-refractivity contribution is 6.51. The van der Waals surface area contributed by atoms with E-state index in [-0.39, 0.29) is 23.1 Å². The van der Waals surface area contributed by atoms with Crippen LogP contribution < -0.4 is 9.64 Å². The van der Waals surface area contributed by atoms with Crippen LogP contribution >= 0.6 is 0 Å². The molecule has 6 nitrogen and oxygen atoms in total. The van der Waals surface area contributed by atoms with Gasteiger partial charge in [-0.1, -0.05) is 0 Å². The van der Waals surface area contributed by atoms with Crippen molar-refractivity contribution in [2.24, 2.45) is 0 Å². The van der Waals surface area contributed by atoms with Crippen LogP contribution in [0.15, 0.2) is 64.8 Å². The van der Waals surface area contributed by atoms with Gasteiger partial charge < -0.3 is 14.3 Å². The molecule has 1 saturated heterocycles. The number of carbonyl (C=O) groups is 2. The summed E-state index contributed by atoms with van der Waals surface area (Å²) >= 11 is 0. The smallest absolute Gasteiger partial charge is 0.300 e. The molecule has 2 aromatic carbocycles. The van der Waals surface area contributed by atoms with Crippen molar-refractivity contribution in [2.45, 2.75) is 25.5 Å². The second-order valence-electron chi connectivity index (χ2n) is 7.74. The predicted octanol–water partition coefficient (Wildman–Crippen LogP) is 4.51. The summed E-state index contributed by atoms with van der Waals surface area (Å²) in [6, 6.07) is 9.46. The first-order valence-corrected chi connectivity index (χ1v) is 9.94. The number of anilines is 1. The summed E-state index contributed by atoms with van der Waals surface area (Å²) in [6.45, 7) is 1.92. The van der Waals surface area contributed by atoms with E-state index in [1.165, 1.54) is 12.3 Å². The number of ether oxygens (including phenoxy) is 1. The zero-order valence-corrected chi connectivity index (χ0v) is 16.8. The molecule has 2 atom stereocenters. The summed E-state index contributed by atoms with van der Waals surface area (Å²) in [7, 11) is 0. The number of halogens is 2. The van der Waals surface area contributed by atoms with Gasteiger partial charge in [0, 0.05) is 18.1 Å². The highest BCUT2D eigenvalue weighted by Crippen LogP contribution is 2.43. The molecule has 0 bridgehead atoms. The molecule has 0 aliphatic carbocycles. The van der Waals surface area contributed by atoms with Crippen LogP contribution in [0.1, 0.15) is 29.9 Å². The quantitative estimate of drug-likeness (QED) is 0.371. The number of nitrogens with zero attached hydrogens (tertiary/aromatic N) is 1. The van der Waals surface area contributed by atoms with Crippen LogP contribution in [0.3, 0.4) is 0 Å². The number of Topliss-reactive ketones (excluding diaryl/α,β-unsaturated/α-hetero) is 1. The minimum atomic E-state index is -1.23. The number of hydrogen-bond donors (Lipinski definition) is 1. The van der Waals surface area contributed by atoms with Gasteiger partial charge in [-0.2, -0.15) is 0 Å². The minimum Gasteiger partial charge on any atom is -0.507 e. The van der Waals surface area contributed by atoms with Crippen LogP contribution in [0.2, 0.25) is 0 Å². The standard InChI is InChI=1S/C24H17F2NO5/c1-12-9-14-10-13(4-7-18(14)32-12)22(28)20-21(19-3-2-8-31-19)27(24(30)23(20)29)17-6-5-15(25)11-16(17)26/h2-8,10-12,21,28H,9H2,1H3/b22-20-. The molecule has 162 valence electrons. The summed E-state index contributed by atoms with van der Waals surface area (Å²) in [5.74, 6) is -3.50. The van der Waals surface area contributed by atoms with Crippen LogP contribution in [0, 0.1) is 11.6 Å². The van der Waals surface area contributed by atoms with Gasteiger partial charge in [0.05, 0.1) is 17.5 Å². The molecule has 3 aromatic rings. The van der Waals surface area contributed by atoms with E-state index in [0.29, 0.717) is 23.8 Å². The molecule has 3 heterocycles. The summed E-state index contributed by atoms with van der Waals surface area (Å²) < 4.78 is 39.1. The topological polar surface area (TPSA) is 80.0 Å². The van der Waals surface area contributed by atoms with E-state index in [1.54, 1.807) is 24.3 Å². The van der Waals surface area contributed by atoms with Crippen LogP contribution in [-0.2, 0) is 16.0 Å². The van der Waals surface area contributed by atoms with Crippen molar-refractivity contribution in [1.82, 2.24) is 0 Å². The maximum Gasteiger partial charge on any atom is 0.300 e. The van der Waals surface area contributed by atoms with Crippen molar-refractivity contribution >= 4 is 23.1 Å². The zero-order valence-electron chi connectivity index (χ0n) is 16.8. The lowest BCUT2D eigenvalue weighted by atomic mass is 9.97. The van der Waals surface area contributed by atoms with Crippen LogP contribution in [0.25, 0.3) is 5.76 Å². The van der Waals surface area contributed by atoms with Crippen molar-refractivity contribution in [3.63, 3.8) is 0 Å². The van der Waals surface area contributed by atoms with Gasteiger partial charge in [0.1, 0.15) is 41.0 Å². The van der Waals surface area contributed by atoms with E-state index in [0.717, 1.165) is 22.6 Å². The van der Waals surface area contributed by atoms with E-state index in [4.69, 9.17) is 9.15 Å². The molecule has 1 fully saturated rings. The fraction of sp³-hybridized carbons (Fsp3) is 0.167. The minimum absolute atomic E-state index is 0.0162. The van der Waals surface area contributed by atoms with Crippen LogP contribution in [0.5, 0.6) is 5.75 Å². The SMILES string of the molecule is CC1Cc2cc(/C(O)=C3/C(=O)C(=O)N(c4ccc(F)cc4F)C3c3ccco3)ccc2O1. The average molecular weight is 437 g/mol. The molecular formula is C24H17F2NO5. The number of rotatable bonds is 3. The fourth-order valence-corrected chi connectivity index (χ4v) is 4.20. The Labute approximate surface area is 181 Å². The Hall–Kier alpha value is -3.94. The molecule has 8 heteroatoms. The van der Waals surface area contributed by atoms with Gasteiger partial charge in [0.15, 0.2) is 0 Å². The molecule has 1 amide bonds. The Kier molecular flexibility index (Phi) is 4.58. The normalized spacial score (nSPS) is 21.7. The van der Waals surface area contributed by atoms with Gasteiger partial charge in [-0.05, 0) is 55.0 Å². The molecule has 2 aliphatic heterocycles. The molecule has 0 saturated carbocycles. The van der Waals surface area contributed by atoms with E-state index < -0.39 is 35.1 Å². The molecule has 0 radical (unpaired) electrons. The third-order valence-electron chi connectivity index (χ3n) is 5.60. The lowest BCUT2D eigenvalue weighted by Crippen LogP contribution is -2.30. The number of aliphatic hydroxyl groups excluding tert-OH is 1. The Balaban J connectivity index is 1.68. The summed E-state index contributed by atoms with van der Waals surface area (Å²) in [4.78, 5) is 26.8. The number of ketones is 1. The van der Waals surface area contributed by atoms with Crippen molar-refractivity contribution in [1.29, 1.82) is 0 Å². The second kappa shape index (κ2) is 7.33. The lowest BCUT2D eigenvalue weighted by Gasteiger charge is -2.23. The summed E-state index contributed by atoms with van der Waals surface area (Å²) in [5, 5.41) is 11.1. The number of benzene rings is 2. The molecule has 2 unspecified atom stereocenters. The van der Waals surface area contributed by atoms with Gasteiger partial charge in [0.2, 0.25) is 0 Å². The maximum atomic E-state index is 14.6. The van der Waals surface area contributed by atoms with E-state index in [9.17, 15) is 23.5 Å². The van der Waals surface area contributed by atoms with Gasteiger partial charge in [-0.15, -0.1) is 0 Å². The Morgan fingerprint density at radius 2 is 1.94 bits per heavy atom. The van der Waals surface area contributed by atoms with Gasteiger partial charge in [0.25, 0.3) is 11.7 Å². The number of amides is 1. The van der Waals surface area contributed by atoms with Gasteiger partial charge >= 0.3 is 0 Å².